The van der Waals surface area contributed by atoms with Crippen LogP contribution in [0.5, 0.6) is 11.5 Å². The Balaban J connectivity index is 1.03. The fraction of sp³-hybridized carbons (Fsp3) is 0.222. The number of primary amides is 1. The third-order valence-electron chi connectivity index (χ3n) is 8.95. The molecule has 5 amide bonds. The van der Waals surface area contributed by atoms with Crippen molar-refractivity contribution in [3.63, 3.8) is 0 Å². The molecule has 2 fully saturated rings. The van der Waals surface area contributed by atoms with Crippen LogP contribution in [0.1, 0.15) is 49.5 Å². The summed E-state index contributed by atoms with van der Waals surface area (Å²) >= 11 is 0. The highest BCUT2D eigenvalue weighted by Gasteiger charge is 2.45. The number of piperazine rings is 1. The van der Waals surface area contributed by atoms with E-state index in [2.05, 4.69) is 10.2 Å². The maximum Gasteiger partial charge on any atom is 0.262 e. The summed E-state index contributed by atoms with van der Waals surface area (Å²) in [6, 6.07) is 21.4. The first-order valence-corrected chi connectivity index (χ1v) is 15.8. The largest absolute Gasteiger partial charge is 0.457 e. The summed E-state index contributed by atoms with van der Waals surface area (Å²) in [5.74, 6) is -1.85. The number of hydrogen-bond acceptors (Lipinski definition) is 9. The van der Waals surface area contributed by atoms with Crippen LogP contribution < -0.4 is 20.7 Å². The van der Waals surface area contributed by atoms with Gasteiger partial charge in [-0.15, -0.1) is 0 Å². The minimum absolute atomic E-state index is 0.000758. The topological polar surface area (TPSA) is 155 Å². The van der Waals surface area contributed by atoms with Crippen molar-refractivity contribution in [2.24, 2.45) is 5.73 Å². The molecule has 49 heavy (non-hydrogen) atoms. The van der Waals surface area contributed by atoms with Gasteiger partial charge in [-0.3, -0.25) is 39.1 Å². The normalized spacial score (nSPS) is 18.0. The number of nitrogens with zero attached hydrogens (tertiary/aromatic N) is 4. The highest BCUT2D eigenvalue weighted by atomic mass is 19.1. The highest BCUT2D eigenvalue weighted by molar-refractivity contribution is 6.23. The van der Waals surface area contributed by atoms with Crippen LogP contribution in [0.25, 0.3) is 11.3 Å². The van der Waals surface area contributed by atoms with Crippen LogP contribution in [0, 0.1) is 5.82 Å². The van der Waals surface area contributed by atoms with Gasteiger partial charge in [0.15, 0.2) is 0 Å². The first kappa shape index (κ1) is 31.6. The lowest BCUT2D eigenvalue weighted by atomic mass is 10.0. The summed E-state index contributed by atoms with van der Waals surface area (Å²) < 4.78 is 21.2. The van der Waals surface area contributed by atoms with Gasteiger partial charge in [-0.1, -0.05) is 18.2 Å². The molecule has 3 aromatic carbocycles. The van der Waals surface area contributed by atoms with E-state index in [0.717, 1.165) is 11.0 Å². The molecule has 248 valence electrons. The van der Waals surface area contributed by atoms with E-state index in [1.165, 1.54) is 6.07 Å². The van der Waals surface area contributed by atoms with Crippen molar-refractivity contribution in [2.45, 2.75) is 25.4 Å². The summed E-state index contributed by atoms with van der Waals surface area (Å²) in [5.41, 5.74) is 7.33. The maximum absolute atomic E-state index is 15.3. The lowest BCUT2D eigenvalue weighted by molar-refractivity contribution is -0.136. The highest BCUT2D eigenvalue weighted by Crippen LogP contribution is 2.32. The molecule has 0 radical (unpaired) electrons. The fourth-order valence-electron chi connectivity index (χ4n) is 6.38. The van der Waals surface area contributed by atoms with Crippen molar-refractivity contribution < 1.29 is 33.1 Å². The van der Waals surface area contributed by atoms with Gasteiger partial charge >= 0.3 is 0 Å². The minimum Gasteiger partial charge on any atom is -0.457 e. The number of fused-ring (bicyclic) bond motifs is 1. The minimum atomic E-state index is -1.12. The fourth-order valence-corrected chi connectivity index (χ4v) is 6.38. The molecule has 0 spiro atoms. The van der Waals surface area contributed by atoms with Crippen molar-refractivity contribution in [2.75, 3.05) is 31.1 Å². The van der Waals surface area contributed by atoms with E-state index in [9.17, 15) is 24.0 Å². The smallest absolute Gasteiger partial charge is 0.262 e. The number of imide groups is 2. The van der Waals surface area contributed by atoms with Crippen LogP contribution in [0.4, 0.5) is 10.2 Å². The molecule has 0 aliphatic carbocycles. The number of anilines is 1. The number of aromatic nitrogens is 1. The van der Waals surface area contributed by atoms with E-state index in [4.69, 9.17) is 15.5 Å². The number of pyridine rings is 1. The van der Waals surface area contributed by atoms with Crippen LogP contribution in [0.15, 0.2) is 78.9 Å². The van der Waals surface area contributed by atoms with Crippen molar-refractivity contribution in [3.05, 3.63) is 107 Å². The van der Waals surface area contributed by atoms with E-state index in [1.54, 1.807) is 24.3 Å². The van der Waals surface area contributed by atoms with Gasteiger partial charge in [-0.05, 0) is 67.1 Å². The van der Waals surface area contributed by atoms with Crippen molar-refractivity contribution in [1.29, 1.82) is 0 Å². The molecule has 0 bridgehead atoms. The zero-order valence-electron chi connectivity index (χ0n) is 26.2. The molecule has 12 nitrogen and oxygen atoms in total. The number of amides is 5. The number of ether oxygens (including phenoxy) is 1. The summed E-state index contributed by atoms with van der Waals surface area (Å²) in [4.78, 5) is 72.2. The van der Waals surface area contributed by atoms with Crippen LogP contribution in [0.3, 0.4) is 0 Å². The standard InChI is InChI=1S/C36H31FN6O6/c37-28-19-27-26(35(47)43(36(27)48)29-11-13-31(44)40-34(29)46)18-22(28)20-41-14-16-42(17-15-41)30-12-10-25(33(38)45)32(39-30)21-6-8-24(9-7-21)49-23-4-2-1-3-5-23/h1-10,12,18-19,29H,11,13-17,20H2,(H2,38,45)(H,40,44,46). The molecule has 3 N–H and O–H groups in total. The number of hydrogen-bond donors (Lipinski definition) is 2. The average Bonchev–Trinajstić information content (AvgIpc) is 3.33. The van der Waals surface area contributed by atoms with Crippen molar-refractivity contribution in [3.8, 4) is 22.8 Å². The van der Waals surface area contributed by atoms with E-state index < -0.39 is 41.4 Å². The van der Waals surface area contributed by atoms with Gasteiger partial charge in [0, 0.05) is 50.3 Å². The van der Waals surface area contributed by atoms with Gasteiger partial charge in [0.1, 0.15) is 29.2 Å². The van der Waals surface area contributed by atoms with Gasteiger partial charge in [0.05, 0.1) is 22.4 Å². The first-order valence-electron chi connectivity index (χ1n) is 15.8. The molecule has 1 aromatic heterocycles. The molecule has 3 aliphatic heterocycles. The Hall–Kier alpha value is -5.95. The Morgan fingerprint density at radius 1 is 0.878 bits per heavy atom. The number of carbonyl (C=O) groups is 5. The monoisotopic (exact) mass is 662 g/mol. The molecule has 3 aliphatic rings. The third kappa shape index (κ3) is 6.23. The average molecular weight is 663 g/mol. The van der Waals surface area contributed by atoms with Gasteiger partial charge in [0.2, 0.25) is 11.8 Å². The molecule has 1 atom stereocenters. The van der Waals surface area contributed by atoms with Crippen LogP contribution in [-0.2, 0) is 16.1 Å². The lowest BCUT2D eigenvalue weighted by Crippen LogP contribution is -2.54. The number of nitrogens with two attached hydrogens (primary N) is 1. The van der Waals surface area contributed by atoms with Gasteiger partial charge in [0.25, 0.3) is 17.7 Å². The second-order valence-corrected chi connectivity index (χ2v) is 12.1. The number of nitrogens with one attached hydrogen (secondary N) is 1. The number of para-hydroxylation sites is 1. The number of benzene rings is 3. The van der Waals surface area contributed by atoms with Crippen LogP contribution in [-0.4, -0.2) is 76.5 Å². The quantitative estimate of drug-likeness (QED) is 0.270. The molecule has 7 rings (SSSR count). The van der Waals surface area contributed by atoms with E-state index in [-0.39, 0.29) is 41.6 Å². The predicted molar refractivity (Wildman–Crippen MR) is 175 cm³/mol. The Morgan fingerprint density at radius 2 is 1.55 bits per heavy atom. The zero-order chi connectivity index (χ0) is 34.2. The van der Waals surface area contributed by atoms with Crippen molar-refractivity contribution >= 4 is 35.4 Å². The van der Waals surface area contributed by atoms with Crippen LogP contribution >= 0.6 is 0 Å². The SMILES string of the molecule is NC(=O)c1ccc(N2CCN(Cc3cc4c(cc3F)C(=O)N(C3CCC(=O)NC3=O)C4=O)CC2)nc1-c1ccc(Oc2ccccc2)cc1. The number of halogens is 1. The predicted octanol–water partition coefficient (Wildman–Crippen LogP) is 3.50. The summed E-state index contributed by atoms with van der Waals surface area (Å²) in [5, 5.41) is 2.16. The summed E-state index contributed by atoms with van der Waals surface area (Å²) in [6.45, 7) is 2.40. The number of piperidine rings is 1. The summed E-state index contributed by atoms with van der Waals surface area (Å²) in [7, 11) is 0. The Kier molecular flexibility index (Phi) is 8.34. The zero-order valence-corrected chi connectivity index (χ0v) is 26.2. The molecule has 0 saturated carbocycles. The Bertz CT molecular complexity index is 2000. The first-order chi connectivity index (χ1) is 23.7. The van der Waals surface area contributed by atoms with Gasteiger partial charge < -0.3 is 15.4 Å². The van der Waals surface area contributed by atoms with E-state index in [1.807, 2.05) is 47.4 Å². The second-order valence-electron chi connectivity index (χ2n) is 12.1. The van der Waals surface area contributed by atoms with Crippen molar-refractivity contribution in [1.82, 2.24) is 20.1 Å². The lowest BCUT2D eigenvalue weighted by Gasteiger charge is -2.35. The van der Waals surface area contributed by atoms with Gasteiger partial charge in [-0.2, -0.15) is 0 Å². The van der Waals surface area contributed by atoms with Crippen LogP contribution in [0.2, 0.25) is 0 Å². The van der Waals surface area contributed by atoms with Gasteiger partial charge in [-0.25, -0.2) is 9.37 Å². The molecule has 1 unspecified atom stereocenters. The molecular weight excluding hydrogens is 631 g/mol. The molecular formula is C36H31FN6O6. The Morgan fingerprint density at radius 3 is 2.22 bits per heavy atom. The summed E-state index contributed by atoms with van der Waals surface area (Å²) in [6.07, 6.45) is 0.0204. The molecule has 2 saturated heterocycles. The molecule has 4 heterocycles. The maximum atomic E-state index is 15.3. The molecule has 4 aromatic rings. The number of rotatable bonds is 8. The molecule has 13 heteroatoms. The second kappa shape index (κ2) is 12.9. The number of carbonyl (C=O) groups excluding carboxylic acids is 5. The van der Waals surface area contributed by atoms with E-state index >= 15 is 4.39 Å². The Labute approximate surface area is 280 Å². The third-order valence-corrected chi connectivity index (χ3v) is 8.95. The van der Waals surface area contributed by atoms with E-state index in [0.29, 0.717) is 54.8 Å².